The second-order valence-corrected chi connectivity index (χ2v) is 6.15. The number of hydrogen-bond donors (Lipinski definition) is 1. The highest BCUT2D eigenvalue weighted by Crippen LogP contribution is 2.37. The van der Waals surface area contributed by atoms with Crippen LogP contribution in [-0.4, -0.2) is 28.8 Å². The van der Waals surface area contributed by atoms with E-state index in [0.717, 1.165) is 12.8 Å². The standard InChI is InChI=1S/C15H16ClFN2O2/c1-8-15(21)19(13(9-2-3-9)14(20)18-8)7-10-4-5-11(16)6-12(10)17/h4-6,8-9,13H,2-3,7H2,1H3,(H,18,20). The van der Waals surface area contributed by atoms with E-state index in [-0.39, 0.29) is 24.3 Å². The molecule has 1 aromatic rings. The molecule has 0 aromatic heterocycles. The average molecular weight is 311 g/mol. The fourth-order valence-electron chi connectivity index (χ4n) is 2.78. The maximum atomic E-state index is 13.9. The summed E-state index contributed by atoms with van der Waals surface area (Å²) in [6.45, 7) is 1.75. The Morgan fingerprint density at radius 1 is 1.38 bits per heavy atom. The molecule has 21 heavy (non-hydrogen) atoms. The molecule has 2 amide bonds. The number of carbonyl (C=O) groups is 2. The van der Waals surface area contributed by atoms with Crippen LogP contribution in [0.2, 0.25) is 5.02 Å². The van der Waals surface area contributed by atoms with Gasteiger partial charge in [0.05, 0.1) is 0 Å². The van der Waals surface area contributed by atoms with Crippen molar-refractivity contribution in [3.05, 3.63) is 34.6 Å². The van der Waals surface area contributed by atoms with Gasteiger partial charge in [0.15, 0.2) is 0 Å². The van der Waals surface area contributed by atoms with Gasteiger partial charge in [-0.25, -0.2) is 4.39 Å². The van der Waals surface area contributed by atoms with Gasteiger partial charge in [-0.15, -0.1) is 0 Å². The van der Waals surface area contributed by atoms with E-state index in [1.165, 1.54) is 11.0 Å². The van der Waals surface area contributed by atoms with Crippen LogP contribution in [0.15, 0.2) is 18.2 Å². The molecule has 1 heterocycles. The summed E-state index contributed by atoms with van der Waals surface area (Å²) in [5.41, 5.74) is 0.375. The molecule has 0 spiro atoms. The zero-order chi connectivity index (χ0) is 15.1. The van der Waals surface area contributed by atoms with Gasteiger partial charge in [-0.3, -0.25) is 9.59 Å². The monoisotopic (exact) mass is 310 g/mol. The lowest BCUT2D eigenvalue weighted by Gasteiger charge is -2.38. The Morgan fingerprint density at radius 3 is 2.71 bits per heavy atom. The van der Waals surface area contributed by atoms with Crippen LogP contribution in [0.5, 0.6) is 0 Å². The predicted octanol–water partition coefficient (Wildman–Crippen LogP) is 2.10. The number of amides is 2. The zero-order valence-electron chi connectivity index (χ0n) is 11.6. The summed E-state index contributed by atoms with van der Waals surface area (Å²) >= 11 is 5.74. The number of piperazine rings is 1. The first-order valence-corrected chi connectivity index (χ1v) is 7.40. The Bertz CT molecular complexity index is 603. The van der Waals surface area contributed by atoms with Crippen LogP contribution in [0, 0.1) is 11.7 Å². The minimum atomic E-state index is -0.567. The van der Waals surface area contributed by atoms with Gasteiger partial charge in [0.2, 0.25) is 11.8 Å². The molecule has 2 unspecified atom stereocenters. The molecule has 1 aromatic carbocycles. The number of nitrogens with zero attached hydrogens (tertiary/aromatic N) is 1. The topological polar surface area (TPSA) is 49.4 Å². The van der Waals surface area contributed by atoms with Crippen molar-refractivity contribution in [2.45, 2.75) is 38.4 Å². The van der Waals surface area contributed by atoms with Crippen molar-refractivity contribution in [2.75, 3.05) is 0 Å². The molecule has 112 valence electrons. The summed E-state index contributed by atoms with van der Waals surface area (Å²) in [6.07, 6.45) is 1.86. The molecule has 1 aliphatic heterocycles. The maximum Gasteiger partial charge on any atom is 0.245 e. The van der Waals surface area contributed by atoms with Crippen LogP contribution in [0.3, 0.4) is 0 Å². The first-order chi connectivity index (χ1) is 9.97. The predicted molar refractivity (Wildman–Crippen MR) is 76.1 cm³/mol. The van der Waals surface area contributed by atoms with E-state index >= 15 is 0 Å². The SMILES string of the molecule is CC1NC(=O)C(C2CC2)N(Cc2ccc(Cl)cc2F)C1=O. The minimum Gasteiger partial charge on any atom is -0.343 e. The molecule has 1 saturated heterocycles. The lowest BCUT2D eigenvalue weighted by molar-refractivity contribution is -0.150. The summed E-state index contributed by atoms with van der Waals surface area (Å²) in [7, 11) is 0. The first-order valence-electron chi connectivity index (χ1n) is 7.02. The normalized spacial score (nSPS) is 26.0. The van der Waals surface area contributed by atoms with Crippen LogP contribution >= 0.6 is 11.6 Å². The highest BCUT2D eigenvalue weighted by molar-refractivity contribution is 6.30. The Hall–Kier alpha value is -1.62. The molecule has 1 N–H and O–H groups in total. The van der Waals surface area contributed by atoms with Crippen molar-refractivity contribution >= 4 is 23.4 Å². The molecule has 0 radical (unpaired) electrons. The van der Waals surface area contributed by atoms with Crippen molar-refractivity contribution < 1.29 is 14.0 Å². The van der Waals surface area contributed by atoms with Crippen molar-refractivity contribution in [2.24, 2.45) is 5.92 Å². The molecular weight excluding hydrogens is 295 g/mol. The largest absolute Gasteiger partial charge is 0.343 e. The van der Waals surface area contributed by atoms with Crippen molar-refractivity contribution in [1.82, 2.24) is 10.2 Å². The van der Waals surface area contributed by atoms with Crippen molar-refractivity contribution in [3.8, 4) is 0 Å². The quantitative estimate of drug-likeness (QED) is 0.929. The van der Waals surface area contributed by atoms with Gasteiger partial charge >= 0.3 is 0 Å². The van der Waals surface area contributed by atoms with Gasteiger partial charge in [-0.2, -0.15) is 0 Å². The highest BCUT2D eigenvalue weighted by Gasteiger charge is 2.46. The zero-order valence-corrected chi connectivity index (χ0v) is 12.4. The Balaban J connectivity index is 1.88. The Kier molecular flexibility index (Phi) is 3.61. The van der Waals surface area contributed by atoms with Crippen LogP contribution < -0.4 is 5.32 Å². The molecule has 2 atom stereocenters. The smallest absolute Gasteiger partial charge is 0.245 e. The Labute approximate surface area is 127 Å². The summed E-state index contributed by atoms with van der Waals surface area (Å²) in [6, 6.07) is 3.32. The van der Waals surface area contributed by atoms with Crippen molar-refractivity contribution in [3.63, 3.8) is 0 Å². The second-order valence-electron chi connectivity index (χ2n) is 5.71. The number of carbonyl (C=O) groups excluding carboxylic acids is 2. The summed E-state index contributed by atoms with van der Waals surface area (Å²) < 4.78 is 13.9. The van der Waals surface area contributed by atoms with Gasteiger partial charge < -0.3 is 10.2 Å². The first kappa shape index (κ1) is 14.3. The average Bonchev–Trinajstić information content (AvgIpc) is 3.23. The fourth-order valence-corrected chi connectivity index (χ4v) is 2.94. The summed E-state index contributed by atoms with van der Waals surface area (Å²) in [5.74, 6) is -0.569. The van der Waals surface area contributed by atoms with Crippen LogP contribution in [0.25, 0.3) is 0 Å². The van der Waals surface area contributed by atoms with E-state index in [1.54, 1.807) is 19.1 Å². The van der Waals surface area contributed by atoms with Gasteiger partial charge in [-0.1, -0.05) is 17.7 Å². The van der Waals surface area contributed by atoms with Gasteiger partial charge in [-0.05, 0) is 37.8 Å². The maximum absolute atomic E-state index is 13.9. The number of rotatable bonds is 3. The highest BCUT2D eigenvalue weighted by atomic mass is 35.5. The molecule has 1 saturated carbocycles. The third kappa shape index (κ3) is 2.75. The van der Waals surface area contributed by atoms with E-state index < -0.39 is 17.9 Å². The van der Waals surface area contributed by atoms with Crippen LogP contribution in [0.1, 0.15) is 25.3 Å². The molecular formula is C15H16ClFN2O2. The summed E-state index contributed by atoms with van der Waals surface area (Å²) in [4.78, 5) is 26.0. The van der Waals surface area contributed by atoms with Gasteiger partial charge in [0, 0.05) is 17.1 Å². The minimum absolute atomic E-state index is 0.0980. The summed E-state index contributed by atoms with van der Waals surface area (Å²) in [5, 5.41) is 3.01. The molecule has 0 bridgehead atoms. The molecule has 4 nitrogen and oxygen atoms in total. The van der Waals surface area contributed by atoms with E-state index in [2.05, 4.69) is 5.32 Å². The van der Waals surface area contributed by atoms with Gasteiger partial charge in [0.1, 0.15) is 17.9 Å². The van der Waals surface area contributed by atoms with Gasteiger partial charge in [0.25, 0.3) is 0 Å². The molecule has 2 fully saturated rings. The van der Waals surface area contributed by atoms with Crippen molar-refractivity contribution in [1.29, 1.82) is 0 Å². The van der Waals surface area contributed by atoms with E-state index in [4.69, 9.17) is 11.6 Å². The van der Waals surface area contributed by atoms with Crippen LogP contribution in [-0.2, 0) is 16.1 Å². The second kappa shape index (κ2) is 5.30. The van der Waals surface area contributed by atoms with E-state index in [0.29, 0.717) is 10.6 Å². The molecule has 3 rings (SSSR count). The molecule has 6 heteroatoms. The lowest BCUT2D eigenvalue weighted by Crippen LogP contribution is -2.62. The number of nitrogens with one attached hydrogen (secondary N) is 1. The third-order valence-corrected chi connectivity index (χ3v) is 4.28. The van der Waals surface area contributed by atoms with E-state index in [1.807, 2.05) is 0 Å². The number of benzene rings is 1. The third-order valence-electron chi connectivity index (χ3n) is 4.04. The van der Waals surface area contributed by atoms with E-state index in [9.17, 15) is 14.0 Å². The lowest BCUT2D eigenvalue weighted by atomic mass is 10.0. The number of halogens is 2. The number of hydrogen-bond acceptors (Lipinski definition) is 2. The molecule has 1 aliphatic carbocycles. The molecule has 2 aliphatic rings. The Morgan fingerprint density at radius 2 is 2.10 bits per heavy atom. The van der Waals surface area contributed by atoms with Crippen LogP contribution in [0.4, 0.5) is 4.39 Å². The fraction of sp³-hybridized carbons (Fsp3) is 0.467.